The van der Waals surface area contributed by atoms with Crippen molar-refractivity contribution in [2.75, 3.05) is 11.9 Å². The molecule has 0 amide bonds. The fourth-order valence-corrected chi connectivity index (χ4v) is 3.07. The van der Waals surface area contributed by atoms with Gasteiger partial charge in [0.2, 0.25) is 0 Å². The second kappa shape index (κ2) is 5.83. The summed E-state index contributed by atoms with van der Waals surface area (Å²) in [5.41, 5.74) is 1.62. The molecule has 3 atom stereocenters. The van der Waals surface area contributed by atoms with E-state index in [2.05, 4.69) is 18.9 Å². The van der Waals surface area contributed by atoms with Crippen molar-refractivity contribution in [3.63, 3.8) is 0 Å². The van der Waals surface area contributed by atoms with Crippen LogP contribution in [0.25, 0.3) is 0 Å². The van der Waals surface area contributed by atoms with Crippen molar-refractivity contribution < 1.29 is 10.2 Å². The zero-order chi connectivity index (χ0) is 14.0. The highest BCUT2D eigenvalue weighted by Crippen LogP contribution is 2.33. The summed E-state index contributed by atoms with van der Waals surface area (Å²) in [6, 6.07) is 6.13. The zero-order valence-electron chi connectivity index (χ0n) is 12.1. The molecular weight excluding hydrogens is 238 g/mol. The number of rotatable bonds is 3. The van der Waals surface area contributed by atoms with E-state index in [1.54, 1.807) is 13.0 Å². The quantitative estimate of drug-likeness (QED) is 0.877. The molecule has 0 spiro atoms. The Morgan fingerprint density at radius 1 is 1.32 bits per heavy atom. The minimum Gasteiger partial charge on any atom is -0.507 e. The standard InChI is InChI=1S/C16H25NO2/c1-11-5-4-6-13(9-11)17(3)14-7-8-15(12(2)18)16(19)10-14/h7-8,10-13,18-19H,4-6,9H2,1-3H3. The summed E-state index contributed by atoms with van der Waals surface area (Å²) in [7, 11) is 2.10. The van der Waals surface area contributed by atoms with E-state index < -0.39 is 6.10 Å². The largest absolute Gasteiger partial charge is 0.507 e. The first-order valence-electron chi connectivity index (χ1n) is 7.23. The molecule has 0 aliphatic heterocycles. The highest BCUT2D eigenvalue weighted by Gasteiger charge is 2.23. The molecule has 0 aromatic heterocycles. The van der Waals surface area contributed by atoms with Gasteiger partial charge in [0.15, 0.2) is 0 Å². The number of hydrogen-bond donors (Lipinski definition) is 2. The van der Waals surface area contributed by atoms with Crippen molar-refractivity contribution in [1.82, 2.24) is 0 Å². The Balaban J connectivity index is 2.15. The monoisotopic (exact) mass is 263 g/mol. The fraction of sp³-hybridized carbons (Fsp3) is 0.625. The Morgan fingerprint density at radius 2 is 2.05 bits per heavy atom. The first kappa shape index (κ1) is 14.2. The molecule has 2 rings (SSSR count). The van der Waals surface area contributed by atoms with Crippen LogP contribution in [0.15, 0.2) is 18.2 Å². The fourth-order valence-electron chi connectivity index (χ4n) is 3.07. The first-order valence-corrected chi connectivity index (χ1v) is 7.23. The third-order valence-electron chi connectivity index (χ3n) is 4.33. The summed E-state index contributed by atoms with van der Waals surface area (Å²) < 4.78 is 0. The van der Waals surface area contributed by atoms with Gasteiger partial charge in [-0.25, -0.2) is 0 Å². The number of anilines is 1. The number of phenolic OH excluding ortho intramolecular Hbond substituents is 1. The lowest BCUT2D eigenvalue weighted by molar-refractivity contribution is 0.195. The van der Waals surface area contributed by atoms with E-state index >= 15 is 0 Å². The lowest BCUT2D eigenvalue weighted by atomic mass is 9.86. The van der Waals surface area contributed by atoms with Crippen LogP contribution < -0.4 is 4.90 Å². The normalized spacial score (nSPS) is 25.1. The average Bonchev–Trinajstić information content (AvgIpc) is 2.37. The van der Waals surface area contributed by atoms with Gasteiger partial charge in [0.05, 0.1) is 6.10 Å². The van der Waals surface area contributed by atoms with Gasteiger partial charge in [0, 0.05) is 30.4 Å². The Labute approximate surface area is 115 Å². The maximum atomic E-state index is 9.97. The van der Waals surface area contributed by atoms with E-state index in [-0.39, 0.29) is 5.75 Å². The van der Waals surface area contributed by atoms with Crippen LogP contribution in [0.1, 0.15) is 51.2 Å². The summed E-state index contributed by atoms with van der Waals surface area (Å²) in [5.74, 6) is 0.967. The minimum absolute atomic E-state index is 0.184. The summed E-state index contributed by atoms with van der Waals surface area (Å²) in [4.78, 5) is 2.27. The SMILES string of the molecule is CC1CCCC(N(C)c2ccc(C(C)O)c(O)c2)C1. The smallest absolute Gasteiger partial charge is 0.123 e. The number of aromatic hydroxyl groups is 1. The minimum atomic E-state index is -0.631. The summed E-state index contributed by atoms with van der Waals surface area (Å²) in [5, 5.41) is 19.5. The summed E-state index contributed by atoms with van der Waals surface area (Å²) in [6.07, 6.45) is 4.42. The first-order chi connectivity index (χ1) is 8.99. The van der Waals surface area contributed by atoms with Crippen LogP contribution in [-0.4, -0.2) is 23.3 Å². The van der Waals surface area contributed by atoms with Gasteiger partial charge in [-0.15, -0.1) is 0 Å². The Kier molecular flexibility index (Phi) is 4.35. The van der Waals surface area contributed by atoms with Crippen LogP contribution in [0.2, 0.25) is 0 Å². The molecule has 106 valence electrons. The molecule has 1 aliphatic carbocycles. The second-order valence-electron chi connectivity index (χ2n) is 5.96. The van der Waals surface area contributed by atoms with E-state index in [0.717, 1.165) is 11.6 Å². The predicted octanol–water partition coefficient (Wildman–Crippen LogP) is 3.46. The van der Waals surface area contributed by atoms with Gasteiger partial charge in [-0.2, -0.15) is 0 Å². The van der Waals surface area contributed by atoms with Crippen LogP contribution in [0.4, 0.5) is 5.69 Å². The van der Waals surface area contributed by atoms with Crippen molar-refractivity contribution in [1.29, 1.82) is 0 Å². The van der Waals surface area contributed by atoms with Crippen LogP contribution in [0.3, 0.4) is 0 Å². The molecule has 1 fully saturated rings. The number of aliphatic hydroxyl groups excluding tert-OH is 1. The van der Waals surface area contributed by atoms with E-state index in [0.29, 0.717) is 11.6 Å². The lowest BCUT2D eigenvalue weighted by Gasteiger charge is -2.35. The zero-order valence-corrected chi connectivity index (χ0v) is 12.1. The molecule has 1 saturated carbocycles. The molecule has 1 aromatic rings. The van der Waals surface area contributed by atoms with Gasteiger partial charge < -0.3 is 15.1 Å². The summed E-state index contributed by atoms with van der Waals surface area (Å²) >= 11 is 0. The van der Waals surface area contributed by atoms with Crippen molar-refractivity contribution in [3.05, 3.63) is 23.8 Å². The van der Waals surface area contributed by atoms with Crippen LogP contribution >= 0.6 is 0 Å². The number of nitrogens with zero attached hydrogens (tertiary/aromatic N) is 1. The van der Waals surface area contributed by atoms with E-state index in [4.69, 9.17) is 0 Å². The van der Waals surface area contributed by atoms with Gasteiger partial charge in [0.25, 0.3) is 0 Å². The number of phenols is 1. The van der Waals surface area contributed by atoms with Crippen molar-refractivity contribution in [3.8, 4) is 5.75 Å². The maximum absolute atomic E-state index is 9.97. The molecule has 2 N–H and O–H groups in total. The van der Waals surface area contributed by atoms with E-state index in [9.17, 15) is 10.2 Å². The molecule has 3 unspecified atom stereocenters. The van der Waals surface area contributed by atoms with Gasteiger partial charge >= 0.3 is 0 Å². The molecular formula is C16H25NO2. The Hall–Kier alpha value is -1.22. The molecule has 3 nitrogen and oxygen atoms in total. The molecule has 3 heteroatoms. The number of aliphatic hydroxyl groups is 1. The lowest BCUT2D eigenvalue weighted by Crippen LogP contribution is -2.35. The second-order valence-corrected chi connectivity index (χ2v) is 5.96. The van der Waals surface area contributed by atoms with Crippen LogP contribution in [-0.2, 0) is 0 Å². The van der Waals surface area contributed by atoms with Crippen molar-refractivity contribution in [2.45, 2.75) is 51.7 Å². The highest BCUT2D eigenvalue weighted by atomic mass is 16.3. The topological polar surface area (TPSA) is 43.7 Å². The molecule has 1 aromatic carbocycles. The Bertz CT molecular complexity index is 431. The number of benzene rings is 1. The predicted molar refractivity (Wildman–Crippen MR) is 78.6 cm³/mol. The van der Waals surface area contributed by atoms with E-state index in [1.165, 1.54) is 25.7 Å². The molecule has 0 saturated heterocycles. The molecule has 19 heavy (non-hydrogen) atoms. The van der Waals surface area contributed by atoms with Crippen molar-refractivity contribution >= 4 is 5.69 Å². The van der Waals surface area contributed by atoms with Crippen LogP contribution in [0.5, 0.6) is 5.75 Å². The molecule has 0 radical (unpaired) electrons. The van der Waals surface area contributed by atoms with Crippen LogP contribution in [0, 0.1) is 5.92 Å². The number of hydrogen-bond acceptors (Lipinski definition) is 3. The molecule has 1 aliphatic rings. The van der Waals surface area contributed by atoms with Gasteiger partial charge in [0.1, 0.15) is 5.75 Å². The van der Waals surface area contributed by atoms with Gasteiger partial charge in [-0.3, -0.25) is 0 Å². The average molecular weight is 263 g/mol. The van der Waals surface area contributed by atoms with Crippen molar-refractivity contribution in [2.24, 2.45) is 5.92 Å². The maximum Gasteiger partial charge on any atom is 0.123 e. The Morgan fingerprint density at radius 3 is 2.63 bits per heavy atom. The molecule has 0 bridgehead atoms. The van der Waals surface area contributed by atoms with Gasteiger partial charge in [-0.05, 0) is 31.7 Å². The van der Waals surface area contributed by atoms with Gasteiger partial charge in [-0.1, -0.05) is 25.8 Å². The highest BCUT2D eigenvalue weighted by molar-refractivity contribution is 5.54. The summed E-state index contributed by atoms with van der Waals surface area (Å²) in [6.45, 7) is 3.98. The third-order valence-corrected chi connectivity index (χ3v) is 4.33. The third kappa shape index (κ3) is 3.21. The van der Waals surface area contributed by atoms with E-state index in [1.807, 2.05) is 12.1 Å². The molecule has 0 heterocycles.